The number of nitrogens with one attached hydrogen (secondary N) is 1. The summed E-state index contributed by atoms with van der Waals surface area (Å²) >= 11 is 1.74. The number of benzene rings is 1. The number of hydrogen-bond acceptors (Lipinski definition) is 3. The Hall–Kier alpha value is -1.79. The van der Waals surface area contributed by atoms with Gasteiger partial charge in [-0.15, -0.1) is 11.3 Å². The summed E-state index contributed by atoms with van der Waals surface area (Å²) in [5.41, 5.74) is 1.26. The molecule has 3 nitrogen and oxygen atoms in total. The normalized spacial score (nSPS) is 16.1. The quantitative estimate of drug-likeness (QED) is 0.939. The fraction of sp³-hybridized carbons (Fsp3) is 0.312. The third-order valence-electron chi connectivity index (χ3n) is 3.95. The topological polar surface area (TPSA) is 32.3 Å². The predicted octanol–water partition coefficient (Wildman–Crippen LogP) is 3.41. The molecule has 0 spiro atoms. The number of nitrogens with zero attached hydrogens (tertiary/aromatic N) is 1. The summed E-state index contributed by atoms with van der Waals surface area (Å²) in [6, 6.07) is 4.83. The van der Waals surface area contributed by atoms with Crippen LogP contribution in [0.4, 0.5) is 14.5 Å². The molecule has 116 valence electrons. The van der Waals surface area contributed by atoms with Gasteiger partial charge >= 0.3 is 0 Å². The number of carbonyl (C=O) groups is 1. The van der Waals surface area contributed by atoms with Crippen molar-refractivity contribution in [3.8, 4) is 0 Å². The molecule has 2 heterocycles. The molecule has 0 saturated carbocycles. The molecule has 0 unspecified atom stereocenters. The monoisotopic (exact) mass is 322 g/mol. The molecule has 6 heteroatoms. The third-order valence-corrected chi connectivity index (χ3v) is 4.98. The van der Waals surface area contributed by atoms with Crippen molar-refractivity contribution in [2.45, 2.75) is 25.9 Å². The lowest BCUT2D eigenvalue weighted by atomic mass is 10.1. The maximum atomic E-state index is 13.6. The Bertz CT molecular complexity index is 701. The van der Waals surface area contributed by atoms with Gasteiger partial charge in [0.25, 0.3) is 0 Å². The number of thiophene rings is 1. The molecular formula is C16H16F2N2OS. The lowest BCUT2D eigenvalue weighted by Gasteiger charge is -2.31. The summed E-state index contributed by atoms with van der Waals surface area (Å²) in [7, 11) is 0. The standard InChI is InChI=1S/C16H16F2N2OS/c1-10(20-6-4-15-11(9-20)5-7-22-15)16(21)19-14-3-2-12(17)8-13(14)18/h2-3,5,7-8,10H,4,6,9H2,1H3,(H,19,21)/t10-/m1/s1. The van der Waals surface area contributed by atoms with E-state index in [2.05, 4.69) is 21.7 Å². The van der Waals surface area contributed by atoms with Gasteiger partial charge in [-0.2, -0.15) is 0 Å². The minimum absolute atomic E-state index is 0.00600. The second-order valence-electron chi connectivity index (χ2n) is 5.38. The number of amides is 1. The summed E-state index contributed by atoms with van der Waals surface area (Å²) in [4.78, 5) is 15.7. The van der Waals surface area contributed by atoms with E-state index >= 15 is 0 Å². The van der Waals surface area contributed by atoms with E-state index in [4.69, 9.17) is 0 Å². The molecule has 1 aliphatic rings. The lowest BCUT2D eigenvalue weighted by Crippen LogP contribution is -2.44. The minimum atomic E-state index is -0.765. The van der Waals surface area contributed by atoms with Crippen LogP contribution in [0.3, 0.4) is 0 Å². The van der Waals surface area contributed by atoms with Gasteiger partial charge in [0.15, 0.2) is 0 Å². The first kappa shape index (κ1) is 15.1. The minimum Gasteiger partial charge on any atom is -0.322 e. The smallest absolute Gasteiger partial charge is 0.241 e. The Balaban J connectivity index is 1.67. The van der Waals surface area contributed by atoms with Crippen LogP contribution in [0.25, 0.3) is 0 Å². The van der Waals surface area contributed by atoms with Gasteiger partial charge in [0.1, 0.15) is 11.6 Å². The van der Waals surface area contributed by atoms with Crippen LogP contribution in [0.15, 0.2) is 29.6 Å². The summed E-state index contributed by atoms with van der Waals surface area (Å²) in [6.45, 7) is 3.32. The number of anilines is 1. The van der Waals surface area contributed by atoms with Crippen molar-refractivity contribution in [3.63, 3.8) is 0 Å². The van der Waals surface area contributed by atoms with Gasteiger partial charge in [-0.1, -0.05) is 0 Å². The molecule has 1 aliphatic heterocycles. The van der Waals surface area contributed by atoms with E-state index in [-0.39, 0.29) is 17.6 Å². The highest BCUT2D eigenvalue weighted by atomic mass is 32.1. The Morgan fingerprint density at radius 3 is 2.95 bits per heavy atom. The molecule has 22 heavy (non-hydrogen) atoms. The van der Waals surface area contributed by atoms with Crippen LogP contribution in [-0.2, 0) is 17.8 Å². The molecule has 1 N–H and O–H groups in total. The Kier molecular flexibility index (Phi) is 4.22. The van der Waals surface area contributed by atoms with Crippen molar-refractivity contribution in [1.29, 1.82) is 0 Å². The van der Waals surface area contributed by atoms with Gasteiger partial charge < -0.3 is 5.32 Å². The fourth-order valence-electron chi connectivity index (χ4n) is 2.59. The van der Waals surface area contributed by atoms with Crippen LogP contribution in [-0.4, -0.2) is 23.4 Å². The molecule has 0 bridgehead atoms. The summed E-state index contributed by atoms with van der Waals surface area (Å²) in [6.07, 6.45) is 0.926. The average molecular weight is 322 g/mol. The third kappa shape index (κ3) is 3.03. The van der Waals surface area contributed by atoms with Gasteiger partial charge in [0.2, 0.25) is 5.91 Å². The van der Waals surface area contributed by atoms with Gasteiger partial charge in [-0.05, 0) is 42.5 Å². The fourth-order valence-corrected chi connectivity index (χ4v) is 3.48. The molecule has 1 aromatic carbocycles. The molecule has 2 aromatic rings. The first-order chi connectivity index (χ1) is 10.5. The van der Waals surface area contributed by atoms with Crippen LogP contribution in [0.2, 0.25) is 0 Å². The second-order valence-corrected chi connectivity index (χ2v) is 6.38. The number of carbonyl (C=O) groups excluding carboxylic acids is 1. The Morgan fingerprint density at radius 1 is 1.36 bits per heavy atom. The molecule has 0 fully saturated rings. The first-order valence-corrected chi connectivity index (χ1v) is 7.98. The zero-order chi connectivity index (χ0) is 15.7. The zero-order valence-electron chi connectivity index (χ0n) is 12.1. The number of hydrogen-bond donors (Lipinski definition) is 1. The lowest BCUT2D eigenvalue weighted by molar-refractivity contribution is -0.121. The van der Waals surface area contributed by atoms with Crippen molar-refractivity contribution in [2.24, 2.45) is 0 Å². The number of rotatable bonds is 3. The molecule has 0 aliphatic carbocycles. The molecule has 1 aromatic heterocycles. The molecule has 0 saturated heterocycles. The van der Waals surface area contributed by atoms with E-state index in [1.165, 1.54) is 16.5 Å². The van der Waals surface area contributed by atoms with Crippen LogP contribution in [0, 0.1) is 11.6 Å². The SMILES string of the molecule is C[C@H](C(=O)Nc1ccc(F)cc1F)N1CCc2sccc2C1. The van der Waals surface area contributed by atoms with E-state index in [9.17, 15) is 13.6 Å². The molecular weight excluding hydrogens is 306 g/mol. The van der Waals surface area contributed by atoms with Gasteiger partial charge in [0.05, 0.1) is 11.7 Å². The summed E-state index contributed by atoms with van der Waals surface area (Å²) < 4.78 is 26.5. The van der Waals surface area contributed by atoms with Crippen molar-refractivity contribution in [1.82, 2.24) is 4.90 Å². The Morgan fingerprint density at radius 2 is 2.18 bits per heavy atom. The van der Waals surface area contributed by atoms with E-state index < -0.39 is 11.6 Å². The van der Waals surface area contributed by atoms with Crippen LogP contribution < -0.4 is 5.32 Å². The average Bonchev–Trinajstić information content (AvgIpc) is 2.96. The second kappa shape index (κ2) is 6.14. The molecule has 1 amide bonds. The largest absolute Gasteiger partial charge is 0.322 e. The number of halogens is 2. The van der Waals surface area contributed by atoms with Crippen molar-refractivity contribution < 1.29 is 13.6 Å². The highest BCUT2D eigenvalue weighted by Gasteiger charge is 2.26. The highest BCUT2D eigenvalue weighted by Crippen LogP contribution is 2.25. The van der Waals surface area contributed by atoms with E-state index in [0.717, 1.165) is 31.6 Å². The van der Waals surface area contributed by atoms with E-state index in [1.54, 1.807) is 18.3 Å². The summed E-state index contributed by atoms with van der Waals surface area (Å²) in [5, 5.41) is 4.59. The zero-order valence-corrected chi connectivity index (χ0v) is 12.9. The maximum Gasteiger partial charge on any atom is 0.241 e. The van der Waals surface area contributed by atoms with Crippen molar-refractivity contribution in [3.05, 3.63) is 51.7 Å². The van der Waals surface area contributed by atoms with Crippen LogP contribution in [0.5, 0.6) is 0 Å². The predicted molar refractivity (Wildman–Crippen MR) is 82.9 cm³/mol. The maximum absolute atomic E-state index is 13.6. The van der Waals surface area contributed by atoms with Crippen LogP contribution >= 0.6 is 11.3 Å². The number of fused-ring (bicyclic) bond motifs is 1. The van der Waals surface area contributed by atoms with Gasteiger partial charge in [0, 0.05) is 24.0 Å². The van der Waals surface area contributed by atoms with Gasteiger partial charge in [-0.3, -0.25) is 9.69 Å². The highest BCUT2D eigenvalue weighted by molar-refractivity contribution is 7.10. The Labute approximate surface area is 131 Å². The van der Waals surface area contributed by atoms with E-state index in [1.807, 2.05) is 0 Å². The molecule has 3 rings (SSSR count). The first-order valence-electron chi connectivity index (χ1n) is 7.10. The summed E-state index contributed by atoms with van der Waals surface area (Å²) in [5.74, 6) is -1.71. The van der Waals surface area contributed by atoms with Crippen LogP contribution in [0.1, 0.15) is 17.4 Å². The van der Waals surface area contributed by atoms with E-state index in [0.29, 0.717) is 0 Å². The van der Waals surface area contributed by atoms with Crippen molar-refractivity contribution in [2.75, 3.05) is 11.9 Å². The molecule has 1 atom stereocenters. The molecule has 0 radical (unpaired) electrons. The van der Waals surface area contributed by atoms with Crippen molar-refractivity contribution >= 4 is 22.9 Å². The van der Waals surface area contributed by atoms with Gasteiger partial charge in [-0.25, -0.2) is 8.78 Å².